The van der Waals surface area contributed by atoms with E-state index in [1.807, 2.05) is 19.1 Å². The van der Waals surface area contributed by atoms with Gasteiger partial charge in [0.25, 0.3) is 0 Å². The number of H-pyrrole nitrogens is 1. The van der Waals surface area contributed by atoms with Gasteiger partial charge >= 0.3 is 0 Å². The van der Waals surface area contributed by atoms with Crippen molar-refractivity contribution in [1.82, 2.24) is 10.2 Å². The Morgan fingerprint density at radius 1 is 1.59 bits per heavy atom. The molecule has 2 aromatic heterocycles. The highest BCUT2D eigenvalue weighted by molar-refractivity contribution is 7.09. The highest BCUT2D eigenvalue weighted by Gasteiger charge is 2.04. The Bertz CT molecular complexity index is 476. The van der Waals surface area contributed by atoms with Crippen LogP contribution in [-0.2, 0) is 11.2 Å². The van der Waals surface area contributed by atoms with Gasteiger partial charge in [0.15, 0.2) is 5.82 Å². The molecule has 0 spiro atoms. The van der Waals surface area contributed by atoms with Crippen molar-refractivity contribution in [2.45, 2.75) is 26.2 Å². The minimum absolute atomic E-state index is 0.0213. The molecule has 0 fully saturated rings. The molecule has 0 radical (unpaired) electrons. The zero-order valence-electron chi connectivity index (χ0n) is 9.69. The molecule has 0 aliphatic rings. The SMILES string of the molecule is Cc1cc(NC(=O)CCCc2cccs2)n[nH]1. The van der Waals surface area contributed by atoms with E-state index in [1.54, 1.807) is 11.3 Å². The first-order valence-corrected chi connectivity index (χ1v) is 6.46. The van der Waals surface area contributed by atoms with Crippen LogP contribution in [0.4, 0.5) is 5.82 Å². The third-order valence-corrected chi connectivity index (χ3v) is 3.32. The fourth-order valence-electron chi connectivity index (χ4n) is 1.57. The van der Waals surface area contributed by atoms with Gasteiger partial charge in [-0.15, -0.1) is 11.3 Å². The van der Waals surface area contributed by atoms with Gasteiger partial charge in [-0.2, -0.15) is 5.10 Å². The summed E-state index contributed by atoms with van der Waals surface area (Å²) < 4.78 is 0. The van der Waals surface area contributed by atoms with E-state index in [2.05, 4.69) is 27.0 Å². The lowest BCUT2D eigenvalue weighted by atomic mass is 10.2. The molecule has 0 unspecified atom stereocenters. The first-order chi connectivity index (χ1) is 8.24. The van der Waals surface area contributed by atoms with Crippen LogP contribution < -0.4 is 5.32 Å². The fraction of sp³-hybridized carbons (Fsp3) is 0.333. The first-order valence-electron chi connectivity index (χ1n) is 5.58. The van der Waals surface area contributed by atoms with Gasteiger partial charge in [0.1, 0.15) is 0 Å². The van der Waals surface area contributed by atoms with Crippen LogP contribution in [0.25, 0.3) is 0 Å². The second-order valence-electron chi connectivity index (χ2n) is 3.92. The number of hydrogen-bond acceptors (Lipinski definition) is 3. The second-order valence-corrected chi connectivity index (χ2v) is 4.95. The topological polar surface area (TPSA) is 57.8 Å². The van der Waals surface area contributed by atoms with Gasteiger partial charge < -0.3 is 5.32 Å². The van der Waals surface area contributed by atoms with Crippen molar-refractivity contribution in [1.29, 1.82) is 0 Å². The van der Waals surface area contributed by atoms with Gasteiger partial charge in [0.05, 0.1) is 0 Å². The summed E-state index contributed by atoms with van der Waals surface area (Å²) in [5, 5.41) is 11.6. The number of rotatable bonds is 5. The quantitative estimate of drug-likeness (QED) is 0.856. The summed E-state index contributed by atoms with van der Waals surface area (Å²) in [4.78, 5) is 12.9. The predicted octanol–water partition coefficient (Wildman–Crippen LogP) is 2.74. The average Bonchev–Trinajstić information content (AvgIpc) is 2.90. The van der Waals surface area contributed by atoms with Crippen molar-refractivity contribution in [2.24, 2.45) is 0 Å². The van der Waals surface area contributed by atoms with Crippen molar-refractivity contribution < 1.29 is 4.79 Å². The molecule has 5 heteroatoms. The molecule has 2 heterocycles. The molecular formula is C12H15N3OS. The lowest BCUT2D eigenvalue weighted by Gasteiger charge is -2.00. The van der Waals surface area contributed by atoms with Gasteiger partial charge in [0.2, 0.25) is 5.91 Å². The molecule has 0 saturated carbocycles. The Morgan fingerprint density at radius 2 is 2.47 bits per heavy atom. The molecule has 0 bridgehead atoms. The van der Waals surface area contributed by atoms with E-state index in [0.717, 1.165) is 18.5 Å². The van der Waals surface area contributed by atoms with Crippen LogP contribution in [-0.4, -0.2) is 16.1 Å². The molecule has 0 aliphatic heterocycles. The highest BCUT2D eigenvalue weighted by Crippen LogP contribution is 2.12. The molecule has 0 saturated heterocycles. The number of nitrogens with zero attached hydrogens (tertiary/aromatic N) is 1. The number of hydrogen-bond donors (Lipinski definition) is 2. The highest BCUT2D eigenvalue weighted by atomic mass is 32.1. The molecule has 2 rings (SSSR count). The van der Waals surface area contributed by atoms with Crippen molar-refractivity contribution in [3.05, 3.63) is 34.2 Å². The van der Waals surface area contributed by atoms with Crippen molar-refractivity contribution in [2.75, 3.05) is 5.32 Å². The third-order valence-electron chi connectivity index (χ3n) is 2.38. The summed E-state index contributed by atoms with van der Waals surface area (Å²) in [6, 6.07) is 5.95. The van der Waals surface area contributed by atoms with Crippen LogP contribution in [0, 0.1) is 6.92 Å². The predicted molar refractivity (Wildman–Crippen MR) is 69.2 cm³/mol. The summed E-state index contributed by atoms with van der Waals surface area (Å²) in [6.45, 7) is 1.90. The van der Waals surface area contributed by atoms with Crippen LogP contribution in [0.1, 0.15) is 23.4 Å². The smallest absolute Gasteiger partial charge is 0.225 e. The average molecular weight is 249 g/mol. The molecule has 1 amide bonds. The standard InChI is InChI=1S/C12H15N3OS/c1-9-8-11(15-14-9)13-12(16)6-2-4-10-5-3-7-17-10/h3,5,7-8H,2,4,6H2,1H3,(H2,13,14,15,16). The number of carbonyl (C=O) groups is 1. The molecule has 17 heavy (non-hydrogen) atoms. The van der Waals surface area contributed by atoms with Gasteiger partial charge in [-0.25, -0.2) is 0 Å². The van der Waals surface area contributed by atoms with E-state index >= 15 is 0 Å². The van der Waals surface area contributed by atoms with E-state index in [1.165, 1.54) is 4.88 Å². The minimum atomic E-state index is 0.0213. The zero-order chi connectivity index (χ0) is 12.1. The molecular weight excluding hydrogens is 234 g/mol. The van der Waals surface area contributed by atoms with Crippen LogP contribution in [0.15, 0.2) is 23.6 Å². The molecule has 2 N–H and O–H groups in total. The van der Waals surface area contributed by atoms with Crippen LogP contribution in [0.2, 0.25) is 0 Å². The lowest BCUT2D eigenvalue weighted by molar-refractivity contribution is -0.116. The lowest BCUT2D eigenvalue weighted by Crippen LogP contribution is -2.11. The minimum Gasteiger partial charge on any atom is -0.309 e. The number of aromatic amines is 1. The largest absolute Gasteiger partial charge is 0.309 e. The maximum atomic E-state index is 11.6. The maximum absolute atomic E-state index is 11.6. The summed E-state index contributed by atoms with van der Waals surface area (Å²) in [7, 11) is 0. The molecule has 90 valence electrons. The van der Waals surface area contributed by atoms with Crippen molar-refractivity contribution in [3.63, 3.8) is 0 Å². The third kappa shape index (κ3) is 3.71. The molecule has 2 aromatic rings. The van der Waals surface area contributed by atoms with E-state index in [9.17, 15) is 4.79 Å². The molecule has 0 aliphatic carbocycles. The van der Waals surface area contributed by atoms with E-state index < -0.39 is 0 Å². The summed E-state index contributed by atoms with van der Waals surface area (Å²) >= 11 is 1.73. The molecule has 0 atom stereocenters. The second kappa shape index (κ2) is 5.63. The monoisotopic (exact) mass is 249 g/mol. The Labute approximate surface area is 104 Å². The summed E-state index contributed by atoms with van der Waals surface area (Å²) in [5.41, 5.74) is 0.943. The Balaban J connectivity index is 1.71. The van der Waals surface area contributed by atoms with Gasteiger partial charge in [-0.1, -0.05) is 6.07 Å². The van der Waals surface area contributed by atoms with E-state index in [4.69, 9.17) is 0 Å². The maximum Gasteiger partial charge on any atom is 0.225 e. The Kier molecular flexibility index (Phi) is 3.93. The van der Waals surface area contributed by atoms with Gasteiger partial charge in [-0.3, -0.25) is 9.89 Å². The molecule has 4 nitrogen and oxygen atoms in total. The number of anilines is 1. The van der Waals surface area contributed by atoms with Crippen molar-refractivity contribution in [3.8, 4) is 0 Å². The number of amides is 1. The number of aryl methyl sites for hydroxylation is 2. The number of carbonyl (C=O) groups excluding carboxylic acids is 1. The van der Waals surface area contributed by atoms with Crippen molar-refractivity contribution >= 4 is 23.1 Å². The Hall–Kier alpha value is -1.62. The fourth-order valence-corrected chi connectivity index (χ4v) is 2.32. The Morgan fingerprint density at radius 3 is 3.12 bits per heavy atom. The summed E-state index contributed by atoms with van der Waals surface area (Å²) in [5.74, 6) is 0.622. The first kappa shape index (κ1) is 11.9. The van der Waals surface area contributed by atoms with Crippen LogP contribution in [0.3, 0.4) is 0 Å². The van der Waals surface area contributed by atoms with E-state index in [0.29, 0.717) is 12.2 Å². The van der Waals surface area contributed by atoms with Crippen LogP contribution in [0.5, 0.6) is 0 Å². The molecule has 0 aromatic carbocycles. The van der Waals surface area contributed by atoms with E-state index in [-0.39, 0.29) is 5.91 Å². The number of aromatic nitrogens is 2. The van der Waals surface area contributed by atoms with Gasteiger partial charge in [-0.05, 0) is 31.2 Å². The van der Waals surface area contributed by atoms with Crippen LogP contribution >= 0.6 is 11.3 Å². The number of nitrogens with one attached hydrogen (secondary N) is 2. The zero-order valence-corrected chi connectivity index (χ0v) is 10.5. The normalized spacial score (nSPS) is 10.4. The number of thiophene rings is 1. The summed E-state index contributed by atoms with van der Waals surface area (Å²) in [6.07, 6.45) is 2.37. The van der Waals surface area contributed by atoms with Gasteiger partial charge in [0, 0.05) is 23.1 Å².